The number of pyridine rings is 1. The maximum Gasteiger partial charge on any atom is 0.410 e. The molecule has 10 heteroatoms. The van der Waals surface area contributed by atoms with Crippen molar-refractivity contribution in [1.29, 1.82) is 0 Å². The highest BCUT2D eigenvalue weighted by Crippen LogP contribution is 2.64. The second-order valence-electron chi connectivity index (χ2n) is 7.09. The summed E-state index contributed by atoms with van der Waals surface area (Å²) in [6.07, 6.45) is 1.20. The van der Waals surface area contributed by atoms with Crippen molar-refractivity contribution in [2.45, 2.75) is 36.6 Å². The Hall–Kier alpha value is -2.68. The second-order valence-corrected chi connectivity index (χ2v) is 7.89. The van der Waals surface area contributed by atoms with Crippen LogP contribution in [0, 0.1) is 6.92 Å². The van der Waals surface area contributed by atoms with Crippen LogP contribution in [0.15, 0.2) is 12.1 Å². The molecule has 2 bridgehead atoms. The first-order chi connectivity index (χ1) is 12.2. The van der Waals surface area contributed by atoms with Gasteiger partial charge in [-0.1, -0.05) is 5.21 Å². The van der Waals surface area contributed by atoms with Gasteiger partial charge < -0.3 is 10.4 Å². The van der Waals surface area contributed by atoms with E-state index in [0.717, 1.165) is 19.3 Å². The molecule has 0 aliphatic heterocycles. The van der Waals surface area contributed by atoms with E-state index in [1.54, 1.807) is 26.1 Å². The van der Waals surface area contributed by atoms with E-state index < -0.39 is 6.09 Å². The first-order valence-electron chi connectivity index (χ1n) is 8.09. The third-order valence-electron chi connectivity index (χ3n) is 4.97. The molecule has 3 aliphatic rings. The number of aryl methyl sites for hydroxylation is 2. The van der Waals surface area contributed by atoms with Gasteiger partial charge in [-0.25, -0.2) is 9.48 Å². The Bertz CT molecular complexity index is 920. The Morgan fingerprint density at radius 3 is 2.58 bits per heavy atom. The number of nitrogens with one attached hydrogen (secondary N) is 2. The van der Waals surface area contributed by atoms with Gasteiger partial charge in [-0.3, -0.25) is 15.1 Å². The smallest absolute Gasteiger partial charge is 0.410 e. The lowest BCUT2D eigenvalue weighted by Crippen LogP contribution is -2.76. The predicted octanol–water partition coefficient (Wildman–Crippen LogP) is 1.92. The van der Waals surface area contributed by atoms with Crippen molar-refractivity contribution < 1.29 is 14.7 Å². The fourth-order valence-corrected chi connectivity index (χ4v) is 4.58. The number of carbonyl (C=O) groups is 2. The molecule has 0 saturated heterocycles. The van der Waals surface area contributed by atoms with Gasteiger partial charge in [0.1, 0.15) is 0 Å². The zero-order valence-corrected chi connectivity index (χ0v) is 15.0. The topological polar surface area (TPSA) is 122 Å². The van der Waals surface area contributed by atoms with Crippen LogP contribution in [0.25, 0.3) is 11.4 Å². The summed E-state index contributed by atoms with van der Waals surface area (Å²) in [5.41, 5.74) is 1.57. The maximum absolute atomic E-state index is 12.6. The summed E-state index contributed by atoms with van der Waals surface area (Å²) >= 11 is 6.24. The monoisotopic (exact) mass is 376 g/mol. The van der Waals surface area contributed by atoms with Crippen molar-refractivity contribution in [3.05, 3.63) is 23.4 Å². The van der Waals surface area contributed by atoms with E-state index in [0.29, 0.717) is 22.6 Å². The lowest BCUT2D eigenvalue weighted by molar-refractivity contribution is -0.0194. The van der Waals surface area contributed by atoms with Crippen molar-refractivity contribution in [3.63, 3.8) is 0 Å². The average molecular weight is 377 g/mol. The predicted molar refractivity (Wildman–Crippen MR) is 93.3 cm³/mol. The van der Waals surface area contributed by atoms with E-state index in [1.165, 1.54) is 4.68 Å². The van der Waals surface area contributed by atoms with Gasteiger partial charge in [-0.2, -0.15) is 0 Å². The van der Waals surface area contributed by atoms with Crippen LogP contribution >= 0.6 is 11.6 Å². The van der Waals surface area contributed by atoms with E-state index in [2.05, 4.69) is 25.9 Å². The standard InChI is InChI=1S/C16H17ClN6O3/c1-8-9(13(24)20-16-5-15(17,6-16)7-16)3-4-10(18-8)11-12(19-14(25)26)23(2)22-21-11/h3-4,19H,5-7H2,1-2H3,(H,20,24)(H,25,26). The number of amides is 2. The van der Waals surface area contributed by atoms with Crippen molar-refractivity contribution in [2.75, 3.05) is 5.32 Å². The minimum Gasteiger partial charge on any atom is -0.465 e. The number of nitrogens with zero attached hydrogens (tertiary/aromatic N) is 4. The molecule has 3 fully saturated rings. The number of carbonyl (C=O) groups excluding carboxylic acids is 1. The lowest BCUT2D eigenvalue weighted by Gasteiger charge is -2.67. The SMILES string of the molecule is Cc1nc(-c2nnn(C)c2NC(=O)O)ccc1C(=O)NC12CC(Cl)(C1)C2. The molecule has 0 unspecified atom stereocenters. The molecule has 3 saturated carbocycles. The van der Waals surface area contributed by atoms with Crippen LogP contribution < -0.4 is 10.6 Å². The number of alkyl halides is 1. The van der Waals surface area contributed by atoms with E-state index in [4.69, 9.17) is 16.7 Å². The number of hydrogen-bond donors (Lipinski definition) is 3. The minimum atomic E-state index is -1.22. The molecule has 9 nitrogen and oxygen atoms in total. The van der Waals surface area contributed by atoms with E-state index in [1.807, 2.05) is 0 Å². The summed E-state index contributed by atoms with van der Waals surface area (Å²) in [5, 5.41) is 22.0. The Labute approximate surface area is 153 Å². The van der Waals surface area contributed by atoms with E-state index in [-0.39, 0.29) is 22.1 Å². The normalized spacial score (nSPS) is 25.8. The molecular formula is C16H17ClN6O3. The Balaban J connectivity index is 1.57. The first kappa shape index (κ1) is 16.8. The molecular weight excluding hydrogens is 360 g/mol. The molecule has 0 spiro atoms. The molecule has 5 rings (SSSR count). The largest absolute Gasteiger partial charge is 0.465 e. The van der Waals surface area contributed by atoms with Crippen molar-refractivity contribution in [2.24, 2.45) is 7.05 Å². The average Bonchev–Trinajstić information content (AvgIpc) is 2.85. The van der Waals surface area contributed by atoms with Gasteiger partial charge in [-0.15, -0.1) is 16.7 Å². The summed E-state index contributed by atoms with van der Waals surface area (Å²) in [4.78, 5) is 27.8. The third kappa shape index (κ3) is 2.59. The highest BCUT2D eigenvalue weighted by Gasteiger charge is 2.67. The van der Waals surface area contributed by atoms with Crippen LogP contribution in [0.4, 0.5) is 10.6 Å². The zero-order chi connectivity index (χ0) is 18.7. The molecule has 2 aromatic heterocycles. The summed E-state index contributed by atoms with van der Waals surface area (Å²) in [6.45, 7) is 1.73. The Morgan fingerprint density at radius 2 is 2.00 bits per heavy atom. The maximum atomic E-state index is 12.6. The third-order valence-corrected chi connectivity index (χ3v) is 5.37. The highest BCUT2D eigenvalue weighted by atomic mass is 35.5. The van der Waals surface area contributed by atoms with Gasteiger partial charge in [0.15, 0.2) is 11.5 Å². The van der Waals surface area contributed by atoms with Crippen LogP contribution in [0.1, 0.15) is 35.3 Å². The molecule has 2 heterocycles. The van der Waals surface area contributed by atoms with Gasteiger partial charge in [-0.05, 0) is 38.3 Å². The van der Waals surface area contributed by atoms with Gasteiger partial charge in [0.05, 0.1) is 21.8 Å². The number of aromatic nitrogens is 4. The number of halogens is 1. The van der Waals surface area contributed by atoms with Crippen LogP contribution in [0.5, 0.6) is 0 Å². The van der Waals surface area contributed by atoms with Gasteiger partial charge in [0, 0.05) is 12.6 Å². The van der Waals surface area contributed by atoms with Crippen molar-refractivity contribution in [1.82, 2.24) is 25.3 Å². The first-order valence-corrected chi connectivity index (χ1v) is 8.47. The molecule has 2 aromatic rings. The molecule has 0 radical (unpaired) electrons. The fraction of sp³-hybridized carbons (Fsp3) is 0.438. The van der Waals surface area contributed by atoms with Crippen molar-refractivity contribution >= 4 is 29.4 Å². The Morgan fingerprint density at radius 1 is 1.31 bits per heavy atom. The molecule has 0 aromatic carbocycles. The Kier molecular flexibility index (Phi) is 3.49. The number of anilines is 1. The van der Waals surface area contributed by atoms with Crippen LogP contribution in [-0.4, -0.2) is 47.5 Å². The lowest BCUT2D eigenvalue weighted by atomic mass is 9.49. The molecule has 26 heavy (non-hydrogen) atoms. The van der Waals surface area contributed by atoms with Crippen LogP contribution in [0.2, 0.25) is 0 Å². The summed E-state index contributed by atoms with van der Waals surface area (Å²) in [7, 11) is 1.57. The number of rotatable bonds is 4. The number of hydrogen-bond acceptors (Lipinski definition) is 5. The van der Waals surface area contributed by atoms with E-state index in [9.17, 15) is 9.59 Å². The number of carboxylic acid groups (broad SMARTS) is 1. The highest BCUT2D eigenvalue weighted by molar-refractivity contribution is 6.26. The quantitative estimate of drug-likeness (QED) is 0.701. The molecule has 2 amide bonds. The molecule has 136 valence electrons. The van der Waals surface area contributed by atoms with Gasteiger partial charge in [0.2, 0.25) is 0 Å². The zero-order valence-electron chi connectivity index (χ0n) is 14.2. The minimum absolute atomic E-state index is 0.107. The second kappa shape index (κ2) is 5.41. The molecule has 3 aliphatic carbocycles. The summed E-state index contributed by atoms with van der Waals surface area (Å²) in [5.74, 6) is 0.0332. The van der Waals surface area contributed by atoms with Crippen LogP contribution in [-0.2, 0) is 7.05 Å². The van der Waals surface area contributed by atoms with Gasteiger partial charge in [0.25, 0.3) is 5.91 Å². The summed E-state index contributed by atoms with van der Waals surface area (Å²) < 4.78 is 1.31. The van der Waals surface area contributed by atoms with Crippen molar-refractivity contribution in [3.8, 4) is 11.4 Å². The van der Waals surface area contributed by atoms with E-state index >= 15 is 0 Å². The molecule has 0 atom stereocenters. The van der Waals surface area contributed by atoms with Gasteiger partial charge >= 0.3 is 6.09 Å². The van der Waals surface area contributed by atoms with Crippen LogP contribution in [0.3, 0.4) is 0 Å². The summed E-state index contributed by atoms with van der Waals surface area (Å²) in [6, 6.07) is 3.29. The molecule has 3 N–H and O–H groups in total. The fourth-order valence-electron chi connectivity index (χ4n) is 3.81.